The number of pyridine rings is 1. The monoisotopic (exact) mass is 417 g/mol. The first-order valence-corrected chi connectivity index (χ1v) is 8.67. The number of oxazole rings is 1. The van der Waals surface area contributed by atoms with Crippen LogP contribution in [0.5, 0.6) is 0 Å². The van der Waals surface area contributed by atoms with Crippen LogP contribution in [-0.2, 0) is 11.0 Å². The van der Waals surface area contributed by atoms with E-state index in [0.717, 1.165) is 17.0 Å². The van der Waals surface area contributed by atoms with Crippen molar-refractivity contribution < 1.29 is 27.2 Å². The van der Waals surface area contributed by atoms with Gasteiger partial charge in [-0.05, 0) is 24.3 Å². The van der Waals surface area contributed by atoms with E-state index in [4.69, 9.17) is 4.42 Å². The van der Waals surface area contributed by atoms with Crippen molar-refractivity contribution in [2.45, 2.75) is 6.18 Å². The van der Waals surface area contributed by atoms with E-state index in [0.29, 0.717) is 5.69 Å². The first-order valence-electron chi connectivity index (χ1n) is 8.67. The molecule has 11 heteroatoms. The Morgan fingerprint density at radius 1 is 1.23 bits per heavy atom. The van der Waals surface area contributed by atoms with Crippen LogP contribution in [0.3, 0.4) is 0 Å². The second kappa shape index (κ2) is 7.17. The third kappa shape index (κ3) is 3.56. The first-order chi connectivity index (χ1) is 14.2. The number of nitrogens with zero attached hydrogens (tertiary/aromatic N) is 4. The van der Waals surface area contributed by atoms with Gasteiger partial charge in [0.05, 0.1) is 23.1 Å². The van der Waals surface area contributed by atoms with E-state index in [1.165, 1.54) is 48.7 Å². The summed E-state index contributed by atoms with van der Waals surface area (Å²) in [7, 11) is 1.52. The predicted octanol–water partition coefficient (Wildman–Crippen LogP) is 3.77. The highest BCUT2D eigenvalue weighted by Crippen LogP contribution is 2.36. The highest BCUT2D eigenvalue weighted by atomic mass is 19.4. The molecule has 0 aliphatic carbocycles. The van der Waals surface area contributed by atoms with E-state index in [1.807, 2.05) is 0 Å². The highest BCUT2D eigenvalue weighted by Gasteiger charge is 2.34. The van der Waals surface area contributed by atoms with E-state index in [9.17, 15) is 22.8 Å². The molecular weight excluding hydrogens is 403 g/mol. The van der Waals surface area contributed by atoms with Crippen LogP contribution in [0.4, 0.5) is 35.5 Å². The van der Waals surface area contributed by atoms with Crippen LogP contribution in [0.15, 0.2) is 53.3 Å². The van der Waals surface area contributed by atoms with Crippen molar-refractivity contribution in [1.82, 2.24) is 9.97 Å². The van der Waals surface area contributed by atoms with Crippen LogP contribution >= 0.6 is 0 Å². The summed E-state index contributed by atoms with van der Waals surface area (Å²) >= 11 is 0. The fourth-order valence-corrected chi connectivity index (χ4v) is 2.98. The van der Waals surface area contributed by atoms with Gasteiger partial charge in [0, 0.05) is 12.6 Å². The van der Waals surface area contributed by atoms with Crippen molar-refractivity contribution in [1.29, 1.82) is 0 Å². The van der Waals surface area contributed by atoms with Crippen LogP contribution in [0.2, 0.25) is 0 Å². The van der Waals surface area contributed by atoms with Crippen LogP contribution in [0.25, 0.3) is 11.3 Å². The molecule has 0 radical (unpaired) electrons. The lowest BCUT2D eigenvalue weighted by molar-refractivity contribution is -0.137. The average Bonchev–Trinajstić information content (AvgIpc) is 3.22. The van der Waals surface area contributed by atoms with Gasteiger partial charge in [-0.3, -0.25) is 15.0 Å². The Bertz CT molecular complexity index is 1110. The fraction of sp³-hybridized carbons (Fsp3) is 0.158. The number of alkyl halides is 3. The molecule has 0 fully saturated rings. The predicted molar refractivity (Wildman–Crippen MR) is 101 cm³/mol. The smallest absolute Gasteiger partial charge is 0.416 e. The van der Waals surface area contributed by atoms with E-state index < -0.39 is 17.8 Å². The molecule has 3 amide bonds. The molecule has 154 valence electrons. The van der Waals surface area contributed by atoms with Gasteiger partial charge in [-0.1, -0.05) is 12.1 Å². The number of hydrogen-bond donors (Lipinski definition) is 1. The summed E-state index contributed by atoms with van der Waals surface area (Å²) in [6, 6.07) is 6.94. The lowest BCUT2D eigenvalue weighted by Crippen LogP contribution is -2.48. The fourth-order valence-electron chi connectivity index (χ4n) is 2.98. The van der Waals surface area contributed by atoms with Crippen LogP contribution in [0, 0.1) is 0 Å². The molecule has 1 aliphatic rings. The Labute approximate surface area is 167 Å². The van der Waals surface area contributed by atoms with Crippen LogP contribution < -0.4 is 15.1 Å². The summed E-state index contributed by atoms with van der Waals surface area (Å²) in [5.74, 6) is -0.241. The van der Waals surface area contributed by atoms with Gasteiger partial charge < -0.3 is 9.32 Å². The van der Waals surface area contributed by atoms with Gasteiger partial charge >= 0.3 is 18.2 Å². The Balaban J connectivity index is 1.74. The van der Waals surface area contributed by atoms with Crippen molar-refractivity contribution >= 4 is 29.5 Å². The van der Waals surface area contributed by atoms with Gasteiger partial charge in [-0.15, -0.1) is 0 Å². The Kier molecular flexibility index (Phi) is 4.65. The summed E-state index contributed by atoms with van der Waals surface area (Å²) in [6.45, 7) is -0.310. The zero-order valence-electron chi connectivity index (χ0n) is 15.5. The van der Waals surface area contributed by atoms with Gasteiger partial charge in [0.2, 0.25) is 5.91 Å². The molecule has 3 heterocycles. The number of benzene rings is 1. The largest absolute Gasteiger partial charge is 0.432 e. The molecule has 2 aromatic heterocycles. The van der Waals surface area contributed by atoms with Gasteiger partial charge in [-0.25, -0.2) is 14.8 Å². The number of rotatable bonds is 2. The summed E-state index contributed by atoms with van der Waals surface area (Å²) in [5.41, 5.74) is -0.0356. The normalized spacial score (nSPS) is 13.9. The summed E-state index contributed by atoms with van der Waals surface area (Å²) in [4.78, 5) is 35.5. The lowest BCUT2D eigenvalue weighted by Gasteiger charge is -2.33. The number of fused-ring (bicyclic) bond motifs is 1. The van der Waals surface area contributed by atoms with Gasteiger partial charge in [0.25, 0.3) is 0 Å². The maximum atomic E-state index is 13.1. The van der Waals surface area contributed by atoms with Crippen LogP contribution in [0.1, 0.15) is 5.56 Å². The number of anilines is 3. The number of halogens is 3. The number of urea groups is 1. The Morgan fingerprint density at radius 2 is 2.03 bits per heavy atom. The highest BCUT2D eigenvalue weighted by molar-refractivity contribution is 6.12. The molecule has 1 aliphatic heterocycles. The molecule has 1 N–H and O–H groups in total. The Hall–Kier alpha value is -3.89. The number of nitrogens with one attached hydrogen (secondary N) is 1. The number of carbonyl (C=O) groups is 2. The summed E-state index contributed by atoms with van der Waals surface area (Å²) in [6.07, 6.45) is -1.90. The van der Waals surface area contributed by atoms with Crippen molar-refractivity contribution in [3.63, 3.8) is 0 Å². The SMILES string of the molecule is CN1C(=O)CN(C(=O)Nc2ncco2)c2nc(-c3cccc(C(F)(F)F)c3)ccc21. The Morgan fingerprint density at radius 3 is 2.73 bits per heavy atom. The molecule has 8 nitrogen and oxygen atoms in total. The summed E-state index contributed by atoms with van der Waals surface area (Å²) < 4.78 is 44.2. The van der Waals surface area contributed by atoms with E-state index >= 15 is 0 Å². The minimum Gasteiger partial charge on any atom is -0.432 e. The second-order valence-corrected chi connectivity index (χ2v) is 6.42. The minimum atomic E-state index is -4.50. The second-order valence-electron chi connectivity index (χ2n) is 6.42. The molecule has 30 heavy (non-hydrogen) atoms. The number of carbonyl (C=O) groups excluding carboxylic acids is 2. The maximum absolute atomic E-state index is 13.1. The van der Waals surface area contributed by atoms with Gasteiger partial charge in [-0.2, -0.15) is 13.2 Å². The van der Waals surface area contributed by atoms with Crippen molar-refractivity contribution in [2.75, 3.05) is 28.7 Å². The van der Waals surface area contributed by atoms with Gasteiger partial charge in [0.15, 0.2) is 5.82 Å². The maximum Gasteiger partial charge on any atom is 0.416 e. The number of hydrogen-bond acceptors (Lipinski definition) is 5. The third-order valence-electron chi connectivity index (χ3n) is 4.52. The number of amides is 3. The van der Waals surface area contributed by atoms with E-state index in [-0.39, 0.29) is 35.5 Å². The minimum absolute atomic E-state index is 0.0676. The molecular formula is C19H14F3N5O3. The van der Waals surface area contributed by atoms with Crippen LogP contribution in [-0.4, -0.2) is 35.5 Å². The topological polar surface area (TPSA) is 91.6 Å². The van der Waals surface area contributed by atoms with E-state index in [1.54, 1.807) is 0 Å². The van der Waals surface area contributed by atoms with Crippen molar-refractivity contribution in [3.8, 4) is 11.3 Å². The molecule has 0 saturated carbocycles. The van der Waals surface area contributed by atoms with Crippen molar-refractivity contribution in [3.05, 3.63) is 54.4 Å². The molecule has 0 bridgehead atoms. The molecule has 0 atom stereocenters. The third-order valence-corrected chi connectivity index (χ3v) is 4.52. The molecule has 1 aromatic carbocycles. The molecule has 0 spiro atoms. The molecule has 0 saturated heterocycles. The quantitative estimate of drug-likeness (QED) is 0.685. The molecule has 3 aromatic rings. The lowest BCUT2D eigenvalue weighted by atomic mass is 10.1. The first kappa shape index (κ1) is 19.4. The number of aromatic nitrogens is 2. The molecule has 4 rings (SSSR count). The van der Waals surface area contributed by atoms with Gasteiger partial charge in [0.1, 0.15) is 12.8 Å². The number of likely N-dealkylation sites (N-methyl/N-ethyl adjacent to an activating group) is 1. The van der Waals surface area contributed by atoms with E-state index in [2.05, 4.69) is 15.3 Å². The zero-order chi connectivity index (χ0) is 21.5. The molecule has 0 unspecified atom stereocenters. The zero-order valence-corrected chi connectivity index (χ0v) is 15.5. The van der Waals surface area contributed by atoms with Crippen molar-refractivity contribution in [2.24, 2.45) is 0 Å². The summed E-state index contributed by atoms with van der Waals surface area (Å²) in [5, 5.41) is 2.41. The average molecular weight is 417 g/mol. The standard InChI is InChI=1S/C19H14F3N5O3/c1-26-14-6-5-13(11-3-2-4-12(9-11)19(20,21)22)24-16(14)27(10-15(26)28)18(29)25-17-23-7-8-30-17/h2-9H,10H2,1H3,(H,23,25,29).